The van der Waals surface area contributed by atoms with Crippen LogP contribution in [0, 0.1) is 0 Å². The van der Waals surface area contributed by atoms with Crippen LogP contribution in [-0.2, 0) is 54.7 Å². The Labute approximate surface area is 403 Å². The largest absolute Gasteiger partial charge is 1.00 e. The molecule has 0 saturated carbocycles. The Bertz CT molecular complexity index is 2290. The van der Waals surface area contributed by atoms with E-state index in [1.807, 2.05) is 53.7 Å². The number of aliphatic hydroxyl groups is 1. The monoisotopic (exact) mass is 930 g/mol. The van der Waals surface area contributed by atoms with Crippen LogP contribution in [-0.4, -0.2) is 135 Å². The molecule has 2 aliphatic heterocycles. The number of allylic oxidation sites excluding steroid dienone is 3. The minimum atomic E-state index is -4.85. The SMILES string of the molecule is CC[N+](CCCS(=O)(=O)[O-])=c1ccc2c(/C=C/C=C3/N(CCOCCOCCOCCOCCO)c4ccc(S(=O)(=O)[O-])cc4C3(C)CCCS(=O)(=O)[O-])ccoc-2c1.[Na+].[Na+]. The van der Waals surface area contributed by atoms with E-state index in [2.05, 4.69) is 0 Å². The van der Waals surface area contributed by atoms with Crippen LogP contribution in [0.25, 0.3) is 17.4 Å². The second-order valence-electron chi connectivity index (χ2n) is 13.8. The first-order valence-corrected chi connectivity index (χ1v) is 23.7. The summed E-state index contributed by atoms with van der Waals surface area (Å²) < 4.78 is 134. The van der Waals surface area contributed by atoms with Gasteiger partial charge in [-0.1, -0.05) is 12.2 Å². The van der Waals surface area contributed by atoms with Crippen molar-refractivity contribution in [2.75, 3.05) is 95.5 Å². The first kappa shape index (κ1) is 55.6. The Morgan fingerprint density at radius 1 is 0.803 bits per heavy atom. The van der Waals surface area contributed by atoms with E-state index >= 15 is 0 Å². The zero-order valence-corrected chi connectivity index (χ0v) is 41.6. The molecule has 0 radical (unpaired) electrons. The number of fused-ring (bicyclic) bond motifs is 2. The fourth-order valence-corrected chi connectivity index (χ4v) is 8.36. The van der Waals surface area contributed by atoms with Crippen molar-refractivity contribution < 1.29 is 126 Å². The molecule has 3 aliphatic rings. The maximum atomic E-state index is 12.1. The Kier molecular flexibility index (Phi) is 24.1. The summed E-state index contributed by atoms with van der Waals surface area (Å²) in [4.78, 5) is 1.48. The number of ether oxygens (including phenoxy) is 4. The normalized spacial score (nSPS) is 16.8. The van der Waals surface area contributed by atoms with Crippen LogP contribution in [0.5, 0.6) is 0 Å². The van der Waals surface area contributed by atoms with E-state index in [1.54, 1.807) is 12.1 Å². The van der Waals surface area contributed by atoms with Crippen molar-refractivity contribution in [2.45, 2.75) is 43.4 Å². The summed E-state index contributed by atoms with van der Waals surface area (Å²) in [6, 6.07) is 11.4. The van der Waals surface area contributed by atoms with E-state index in [0.29, 0.717) is 68.8 Å². The number of hydrogen-bond donors (Lipinski definition) is 1. The van der Waals surface area contributed by atoms with Crippen LogP contribution in [0.4, 0.5) is 5.69 Å². The van der Waals surface area contributed by atoms with Crippen molar-refractivity contribution in [3.05, 3.63) is 83.1 Å². The van der Waals surface area contributed by atoms with Gasteiger partial charge in [0.1, 0.15) is 29.0 Å². The quantitative estimate of drug-likeness (QED) is 0.0350. The predicted molar refractivity (Wildman–Crippen MR) is 216 cm³/mol. The van der Waals surface area contributed by atoms with Crippen LogP contribution in [0.1, 0.15) is 44.2 Å². The fourth-order valence-electron chi connectivity index (χ4n) is 6.88. The minimum absolute atomic E-state index is 0. The van der Waals surface area contributed by atoms with Gasteiger partial charge in [-0.05, 0) is 74.2 Å². The van der Waals surface area contributed by atoms with Gasteiger partial charge in [-0.3, -0.25) is 0 Å². The zero-order valence-electron chi connectivity index (χ0n) is 35.2. The molecule has 1 unspecified atom stereocenters. The van der Waals surface area contributed by atoms with E-state index in [-0.39, 0.29) is 111 Å². The van der Waals surface area contributed by atoms with Crippen LogP contribution >= 0.6 is 0 Å². The number of anilines is 1. The van der Waals surface area contributed by atoms with Crippen molar-refractivity contribution in [3.63, 3.8) is 0 Å². The summed E-state index contributed by atoms with van der Waals surface area (Å²) in [5.74, 6) is -0.552. The second kappa shape index (κ2) is 26.4. The van der Waals surface area contributed by atoms with Crippen molar-refractivity contribution in [3.8, 4) is 11.3 Å². The Balaban J connectivity index is 0.00000641. The Hall–Kier alpha value is -1.54. The van der Waals surface area contributed by atoms with Crippen LogP contribution in [0.15, 0.2) is 75.9 Å². The molecular formula is C39H52N2Na2O15S3. The van der Waals surface area contributed by atoms with Gasteiger partial charge < -0.3 is 47.0 Å². The molecular weight excluding hydrogens is 879 g/mol. The van der Waals surface area contributed by atoms with Crippen molar-refractivity contribution in [2.24, 2.45) is 0 Å². The van der Waals surface area contributed by atoms with Crippen molar-refractivity contribution >= 4 is 42.1 Å². The zero-order chi connectivity index (χ0) is 43.1. The molecule has 0 bridgehead atoms. The Morgan fingerprint density at radius 2 is 1.41 bits per heavy atom. The van der Waals surface area contributed by atoms with Gasteiger partial charge in [0.25, 0.3) is 0 Å². The molecule has 1 N–H and O–H groups in total. The van der Waals surface area contributed by atoms with Crippen LogP contribution in [0.3, 0.4) is 0 Å². The van der Waals surface area contributed by atoms with Crippen LogP contribution < -0.4 is 73.9 Å². The first-order chi connectivity index (χ1) is 28.0. The minimum Gasteiger partial charge on any atom is -0.748 e. The number of nitrogens with zero attached hydrogens (tertiary/aromatic N) is 2. The van der Waals surface area contributed by atoms with Gasteiger partial charge in [0, 0.05) is 52.9 Å². The molecule has 0 aromatic heterocycles. The molecule has 0 amide bonds. The summed E-state index contributed by atoms with van der Waals surface area (Å²) in [5, 5.41) is 9.52. The van der Waals surface area contributed by atoms with E-state index in [1.165, 1.54) is 24.5 Å². The van der Waals surface area contributed by atoms with Crippen LogP contribution in [0.2, 0.25) is 0 Å². The van der Waals surface area contributed by atoms with Gasteiger partial charge >= 0.3 is 59.1 Å². The molecule has 1 aromatic carbocycles. The molecule has 1 aliphatic carbocycles. The van der Waals surface area contributed by atoms with E-state index in [9.17, 15) is 38.9 Å². The summed E-state index contributed by atoms with van der Waals surface area (Å²) in [6.45, 7) is 7.32. The average Bonchev–Trinajstić information content (AvgIpc) is 3.39. The molecule has 1 aromatic rings. The summed E-state index contributed by atoms with van der Waals surface area (Å²) in [5.41, 5.74) is 2.23. The third-order valence-corrected chi connectivity index (χ3v) is 12.1. The van der Waals surface area contributed by atoms with E-state index in [4.69, 9.17) is 28.5 Å². The summed E-state index contributed by atoms with van der Waals surface area (Å²) >= 11 is 0. The molecule has 61 heavy (non-hydrogen) atoms. The average molecular weight is 931 g/mol. The fraction of sp³-hybridized carbons (Fsp3) is 0.513. The van der Waals surface area contributed by atoms with Gasteiger partial charge in [0.05, 0.1) is 96.9 Å². The standard InChI is InChI=1S/C39H54N2O15S3.2Na/c1-3-40(15-6-28-58(46,47)48)32-9-11-34-31(13-18-56-37(34)29-32)7-4-8-38-39(2,14-5-27-57(43,44)45)35-30-33(59(49,50)51)10-12-36(35)41(38)16-19-52-21-23-54-25-26-55-24-22-53-20-17-42;;/h4,7-13,18,29-30,42H,3,5-6,14-17,19-28H2,1-2H3,(H2-,43,44,45,46,47,48,49,50,51);;/q;2*+1/p-2. The van der Waals surface area contributed by atoms with Gasteiger partial charge in [-0.2, -0.15) is 0 Å². The summed E-state index contributed by atoms with van der Waals surface area (Å²) in [7, 11) is -13.7. The molecule has 22 heteroatoms. The molecule has 0 spiro atoms. The number of benzene rings is 2. The predicted octanol–water partition coefficient (Wildman–Crippen LogP) is -3.92. The third kappa shape index (κ3) is 17.8. The molecule has 0 saturated heterocycles. The molecule has 1 atom stereocenters. The molecule has 2 heterocycles. The number of rotatable bonds is 26. The maximum Gasteiger partial charge on any atom is 1.00 e. The van der Waals surface area contributed by atoms with E-state index in [0.717, 1.165) is 16.5 Å². The molecule has 328 valence electrons. The number of hydrogen-bond acceptors (Lipinski definition) is 16. The van der Waals surface area contributed by atoms with Crippen molar-refractivity contribution in [1.29, 1.82) is 0 Å². The first-order valence-electron chi connectivity index (χ1n) is 19.1. The van der Waals surface area contributed by atoms with Gasteiger partial charge in [-0.25, -0.2) is 29.8 Å². The summed E-state index contributed by atoms with van der Waals surface area (Å²) in [6.07, 6.45) is 7.26. The Morgan fingerprint density at radius 3 is 2.00 bits per heavy atom. The van der Waals surface area contributed by atoms with Gasteiger partial charge in [0.15, 0.2) is 0 Å². The molecule has 4 rings (SSSR count). The van der Waals surface area contributed by atoms with Gasteiger partial charge in [-0.15, -0.1) is 0 Å². The molecule has 0 fully saturated rings. The molecule has 17 nitrogen and oxygen atoms in total. The topological polar surface area (TPSA) is 248 Å². The number of aliphatic hydroxyl groups excluding tert-OH is 1. The second-order valence-corrected chi connectivity index (χ2v) is 18.2. The van der Waals surface area contributed by atoms with Gasteiger partial charge in [0.2, 0.25) is 5.36 Å². The van der Waals surface area contributed by atoms with E-state index < -0.39 is 52.2 Å². The maximum absolute atomic E-state index is 12.1. The smallest absolute Gasteiger partial charge is 0.748 e. The van der Waals surface area contributed by atoms with Crippen molar-refractivity contribution in [1.82, 2.24) is 4.58 Å². The third-order valence-electron chi connectivity index (χ3n) is 9.70.